The molecule has 3 N–H and O–H groups in total. The second-order valence-electron chi connectivity index (χ2n) is 6.84. The number of hydrogen-bond donors (Lipinski definition) is 2. The molecule has 0 spiro atoms. The fraction of sp³-hybridized carbons (Fsp3) is 0.350. The van der Waals surface area contributed by atoms with E-state index >= 15 is 0 Å². The SMILES string of the molecule is CC(=O)c1cccc(OCC(=O)Nc2sc3c(c2C(N)=O)CCC(C)C3)c1. The van der Waals surface area contributed by atoms with E-state index in [0.29, 0.717) is 27.8 Å². The number of amides is 2. The second-order valence-corrected chi connectivity index (χ2v) is 7.95. The zero-order valence-electron chi connectivity index (χ0n) is 15.3. The summed E-state index contributed by atoms with van der Waals surface area (Å²) in [6.07, 6.45) is 2.70. The van der Waals surface area contributed by atoms with Crippen molar-refractivity contribution < 1.29 is 19.1 Å². The Balaban J connectivity index is 1.70. The van der Waals surface area contributed by atoms with Gasteiger partial charge in [-0.05, 0) is 49.8 Å². The van der Waals surface area contributed by atoms with Gasteiger partial charge in [0, 0.05) is 10.4 Å². The molecule has 2 aromatic rings. The molecular weight excluding hydrogens is 364 g/mol. The van der Waals surface area contributed by atoms with Crippen LogP contribution in [0.3, 0.4) is 0 Å². The van der Waals surface area contributed by atoms with Crippen LogP contribution in [0.4, 0.5) is 5.00 Å². The summed E-state index contributed by atoms with van der Waals surface area (Å²) in [7, 11) is 0. The summed E-state index contributed by atoms with van der Waals surface area (Å²) in [5.74, 6) is 0.0174. The largest absolute Gasteiger partial charge is 0.484 e. The molecule has 1 aliphatic rings. The maximum Gasteiger partial charge on any atom is 0.262 e. The van der Waals surface area contributed by atoms with Crippen molar-refractivity contribution >= 4 is 33.9 Å². The van der Waals surface area contributed by atoms with Crippen molar-refractivity contribution in [2.45, 2.75) is 33.1 Å². The molecule has 0 aliphatic heterocycles. The molecule has 1 atom stereocenters. The fourth-order valence-corrected chi connectivity index (χ4v) is 4.65. The molecule has 0 fully saturated rings. The quantitative estimate of drug-likeness (QED) is 0.745. The van der Waals surface area contributed by atoms with E-state index in [-0.39, 0.29) is 18.3 Å². The van der Waals surface area contributed by atoms with Crippen LogP contribution in [-0.2, 0) is 17.6 Å². The third-order valence-electron chi connectivity index (χ3n) is 4.62. The number of hydrogen-bond acceptors (Lipinski definition) is 5. The normalized spacial score (nSPS) is 15.7. The number of nitrogens with one attached hydrogen (secondary N) is 1. The Bertz CT molecular complexity index is 903. The molecule has 0 saturated heterocycles. The monoisotopic (exact) mass is 386 g/mol. The average Bonchev–Trinajstić information content (AvgIpc) is 2.97. The fourth-order valence-electron chi connectivity index (χ4n) is 3.22. The zero-order chi connectivity index (χ0) is 19.6. The molecule has 1 unspecified atom stereocenters. The van der Waals surface area contributed by atoms with Crippen molar-refractivity contribution in [3.63, 3.8) is 0 Å². The predicted molar refractivity (Wildman–Crippen MR) is 105 cm³/mol. The lowest BCUT2D eigenvalue weighted by molar-refractivity contribution is -0.118. The summed E-state index contributed by atoms with van der Waals surface area (Å²) in [5.41, 5.74) is 7.47. The third kappa shape index (κ3) is 4.36. The lowest BCUT2D eigenvalue weighted by Crippen LogP contribution is -2.22. The topological polar surface area (TPSA) is 98.5 Å². The van der Waals surface area contributed by atoms with E-state index in [1.165, 1.54) is 18.3 Å². The van der Waals surface area contributed by atoms with Gasteiger partial charge in [-0.1, -0.05) is 19.1 Å². The minimum absolute atomic E-state index is 0.0746. The van der Waals surface area contributed by atoms with Crippen molar-refractivity contribution in [2.75, 3.05) is 11.9 Å². The van der Waals surface area contributed by atoms with Gasteiger partial charge in [0.15, 0.2) is 12.4 Å². The van der Waals surface area contributed by atoms with Gasteiger partial charge in [0.1, 0.15) is 10.8 Å². The molecule has 1 heterocycles. The standard InChI is InChI=1S/C20H22N2O4S/c1-11-6-7-15-16(8-11)27-20(18(15)19(21)25)22-17(24)10-26-14-5-3-4-13(9-14)12(2)23/h3-5,9,11H,6-8,10H2,1-2H3,(H2,21,25)(H,22,24). The Kier molecular flexibility index (Phi) is 5.60. The third-order valence-corrected chi connectivity index (χ3v) is 5.79. The molecule has 7 heteroatoms. The number of benzene rings is 1. The number of nitrogens with two attached hydrogens (primary N) is 1. The zero-order valence-corrected chi connectivity index (χ0v) is 16.2. The lowest BCUT2D eigenvalue weighted by Gasteiger charge is -2.18. The lowest BCUT2D eigenvalue weighted by atomic mass is 9.88. The molecule has 142 valence electrons. The highest BCUT2D eigenvalue weighted by molar-refractivity contribution is 7.17. The van der Waals surface area contributed by atoms with Gasteiger partial charge in [0.2, 0.25) is 0 Å². The van der Waals surface area contributed by atoms with Crippen LogP contribution in [0.2, 0.25) is 0 Å². The van der Waals surface area contributed by atoms with E-state index in [9.17, 15) is 14.4 Å². The van der Waals surface area contributed by atoms with Crippen LogP contribution in [0.25, 0.3) is 0 Å². The minimum atomic E-state index is -0.521. The number of Topliss-reactive ketones (excluding diaryl/α,β-unsaturated/α-hetero) is 1. The maximum atomic E-state index is 12.3. The summed E-state index contributed by atoms with van der Waals surface area (Å²) in [4.78, 5) is 36.8. The van der Waals surface area contributed by atoms with Crippen LogP contribution in [-0.4, -0.2) is 24.2 Å². The Hall–Kier alpha value is -2.67. The van der Waals surface area contributed by atoms with Gasteiger partial charge in [0.25, 0.3) is 11.8 Å². The maximum absolute atomic E-state index is 12.3. The molecule has 2 amide bonds. The summed E-state index contributed by atoms with van der Waals surface area (Å²) >= 11 is 1.42. The van der Waals surface area contributed by atoms with Crippen LogP contribution in [0.1, 0.15) is 51.4 Å². The van der Waals surface area contributed by atoms with Crippen molar-refractivity contribution in [1.82, 2.24) is 0 Å². The van der Waals surface area contributed by atoms with E-state index in [2.05, 4.69) is 12.2 Å². The van der Waals surface area contributed by atoms with Crippen LogP contribution in [0.15, 0.2) is 24.3 Å². The highest BCUT2D eigenvalue weighted by atomic mass is 32.1. The molecule has 1 aliphatic carbocycles. The van der Waals surface area contributed by atoms with Crippen molar-refractivity contribution in [3.8, 4) is 5.75 Å². The summed E-state index contributed by atoms with van der Waals surface area (Å²) in [6, 6.07) is 6.66. The van der Waals surface area contributed by atoms with Gasteiger partial charge in [-0.3, -0.25) is 14.4 Å². The average molecular weight is 386 g/mol. The van der Waals surface area contributed by atoms with Gasteiger partial charge in [0.05, 0.1) is 5.56 Å². The number of thiophene rings is 1. The van der Waals surface area contributed by atoms with E-state index in [1.807, 2.05) is 0 Å². The van der Waals surface area contributed by atoms with Gasteiger partial charge >= 0.3 is 0 Å². The molecule has 3 rings (SSSR count). The van der Waals surface area contributed by atoms with Crippen LogP contribution < -0.4 is 15.8 Å². The van der Waals surface area contributed by atoms with Gasteiger partial charge in [-0.2, -0.15) is 0 Å². The number of carbonyl (C=O) groups excluding carboxylic acids is 3. The highest BCUT2D eigenvalue weighted by Gasteiger charge is 2.27. The van der Waals surface area contributed by atoms with Crippen molar-refractivity contribution in [1.29, 1.82) is 0 Å². The first kappa shape index (κ1) is 19.1. The van der Waals surface area contributed by atoms with Crippen molar-refractivity contribution in [3.05, 3.63) is 45.8 Å². The first-order valence-electron chi connectivity index (χ1n) is 8.83. The highest BCUT2D eigenvalue weighted by Crippen LogP contribution is 2.39. The molecule has 1 aromatic carbocycles. The summed E-state index contributed by atoms with van der Waals surface area (Å²) in [5, 5.41) is 3.25. The molecule has 0 saturated carbocycles. The van der Waals surface area contributed by atoms with E-state index in [4.69, 9.17) is 10.5 Å². The molecular formula is C20H22N2O4S. The molecule has 1 aromatic heterocycles. The van der Waals surface area contributed by atoms with Crippen LogP contribution in [0, 0.1) is 5.92 Å². The Morgan fingerprint density at radius 3 is 2.81 bits per heavy atom. The number of ether oxygens (including phenoxy) is 1. The number of carbonyl (C=O) groups is 3. The van der Waals surface area contributed by atoms with E-state index < -0.39 is 5.91 Å². The van der Waals surface area contributed by atoms with E-state index in [0.717, 1.165) is 29.7 Å². The molecule has 0 radical (unpaired) electrons. The van der Waals surface area contributed by atoms with Crippen LogP contribution >= 0.6 is 11.3 Å². The smallest absolute Gasteiger partial charge is 0.262 e. The molecule has 0 bridgehead atoms. The number of ketones is 1. The van der Waals surface area contributed by atoms with Gasteiger partial charge in [-0.15, -0.1) is 11.3 Å². The predicted octanol–water partition coefficient (Wildman–Crippen LogP) is 3.19. The second kappa shape index (κ2) is 7.92. The van der Waals surface area contributed by atoms with Crippen LogP contribution in [0.5, 0.6) is 5.75 Å². The van der Waals surface area contributed by atoms with E-state index in [1.54, 1.807) is 24.3 Å². The summed E-state index contributed by atoms with van der Waals surface area (Å²) in [6.45, 7) is 3.42. The van der Waals surface area contributed by atoms with Crippen molar-refractivity contribution in [2.24, 2.45) is 11.7 Å². The molecule has 6 nitrogen and oxygen atoms in total. The van der Waals surface area contributed by atoms with Gasteiger partial charge in [-0.25, -0.2) is 0 Å². The first-order chi connectivity index (χ1) is 12.8. The number of rotatable bonds is 6. The summed E-state index contributed by atoms with van der Waals surface area (Å²) < 4.78 is 5.47. The Labute approximate surface area is 161 Å². The number of anilines is 1. The Morgan fingerprint density at radius 2 is 2.11 bits per heavy atom. The van der Waals surface area contributed by atoms with Gasteiger partial charge < -0.3 is 15.8 Å². The first-order valence-corrected chi connectivity index (χ1v) is 9.64. The number of fused-ring (bicyclic) bond motifs is 1. The molecule has 27 heavy (non-hydrogen) atoms. The Morgan fingerprint density at radius 1 is 1.33 bits per heavy atom. The minimum Gasteiger partial charge on any atom is -0.484 e. The number of primary amides is 1.